The van der Waals surface area contributed by atoms with E-state index in [1.54, 1.807) is 0 Å². The van der Waals surface area contributed by atoms with Gasteiger partial charge in [0, 0.05) is 12.2 Å². The summed E-state index contributed by atoms with van der Waals surface area (Å²) in [5, 5.41) is 2.80. The number of nitrogens with two attached hydrogens (primary N) is 1. The van der Waals surface area contributed by atoms with Gasteiger partial charge in [0.1, 0.15) is 5.75 Å². The van der Waals surface area contributed by atoms with Crippen LogP contribution in [0.15, 0.2) is 29.3 Å². The fourth-order valence-electron chi connectivity index (χ4n) is 1.51. The standard InChI is InChI=1S/C13H19F3N4O/c1-20(2)9-3-8-18-12(17)19-10-4-6-11(7-5-10)21-13(14,15)16/h4-7H,3,8-9H2,1-2H3,(H3,17,18,19). The highest BCUT2D eigenvalue weighted by molar-refractivity contribution is 5.92. The number of anilines is 1. The highest BCUT2D eigenvalue weighted by Gasteiger charge is 2.30. The SMILES string of the molecule is CN(C)CCCN=C(N)Nc1ccc(OC(F)(F)F)cc1. The predicted molar refractivity (Wildman–Crippen MR) is 76.4 cm³/mol. The van der Waals surface area contributed by atoms with Gasteiger partial charge >= 0.3 is 6.36 Å². The molecule has 1 aromatic carbocycles. The average Bonchev–Trinajstić information content (AvgIpc) is 2.35. The van der Waals surface area contributed by atoms with Gasteiger partial charge < -0.3 is 20.7 Å². The van der Waals surface area contributed by atoms with E-state index in [9.17, 15) is 13.2 Å². The molecule has 1 rings (SSSR count). The van der Waals surface area contributed by atoms with E-state index >= 15 is 0 Å². The minimum Gasteiger partial charge on any atom is -0.406 e. The van der Waals surface area contributed by atoms with Crippen LogP contribution in [0.25, 0.3) is 0 Å². The van der Waals surface area contributed by atoms with Crippen molar-refractivity contribution >= 4 is 11.6 Å². The van der Waals surface area contributed by atoms with Crippen molar-refractivity contribution in [2.45, 2.75) is 12.8 Å². The molecule has 0 atom stereocenters. The van der Waals surface area contributed by atoms with Crippen molar-refractivity contribution in [2.24, 2.45) is 10.7 Å². The maximum Gasteiger partial charge on any atom is 0.573 e. The summed E-state index contributed by atoms with van der Waals surface area (Å²) in [4.78, 5) is 6.16. The number of ether oxygens (including phenoxy) is 1. The fourth-order valence-corrected chi connectivity index (χ4v) is 1.51. The molecule has 0 radical (unpaired) electrons. The Balaban J connectivity index is 2.46. The molecule has 0 amide bonds. The Morgan fingerprint density at radius 3 is 2.43 bits per heavy atom. The van der Waals surface area contributed by atoms with Crippen LogP contribution in [0, 0.1) is 0 Å². The van der Waals surface area contributed by atoms with Crippen molar-refractivity contribution in [1.29, 1.82) is 0 Å². The summed E-state index contributed by atoms with van der Waals surface area (Å²) in [5.41, 5.74) is 6.22. The lowest BCUT2D eigenvalue weighted by molar-refractivity contribution is -0.274. The van der Waals surface area contributed by atoms with Crippen molar-refractivity contribution in [2.75, 3.05) is 32.5 Å². The normalized spacial score (nSPS) is 12.6. The van der Waals surface area contributed by atoms with E-state index in [0.29, 0.717) is 12.2 Å². The number of aliphatic imine (C=N–C) groups is 1. The summed E-state index contributed by atoms with van der Waals surface area (Å²) >= 11 is 0. The van der Waals surface area contributed by atoms with Gasteiger partial charge in [-0.25, -0.2) is 0 Å². The van der Waals surface area contributed by atoms with E-state index in [1.807, 2.05) is 19.0 Å². The average molecular weight is 304 g/mol. The molecule has 5 nitrogen and oxygen atoms in total. The zero-order valence-corrected chi connectivity index (χ0v) is 11.9. The van der Waals surface area contributed by atoms with Crippen molar-refractivity contribution in [3.8, 4) is 5.75 Å². The van der Waals surface area contributed by atoms with Crippen LogP contribution in [0.1, 0.15) is 6.42 Å². The Bertz CT molecular complexity index is 457. The third kappa shape index (κ3) is 8.03. The molecule has 0 fully saturated rings. The molecule has 8 heteroatoms. The smallest absolute Gasteiger partial charge is 0.406 e. The van der Waals surface area contributed by atoms with Gasteiger partial charge in [-0.15, -0.1) is 13.2 Å². The van der Waals surface area contributed by atoms with Crippen molar-refractivity contribution in [3.63, 3.8) is 0 Å². The quantitative estimate of drug-likeness (QED) is 0.481. The Morgan fingerprint density at radius 1 is 1.29 bits per heavy atom. The summed E-state index contributed by atoms with van der Waals surface area (Å²) in [6, 6.07) is 5.27. The number of hydrogen-bond acceptors (Lipinski definition) is 3. The molecule has 1 aromatic rings. The fraction of sp³-hybridized carbons (Fsp3) is 0.462. The largest absolute Gasteiger partial charge is 0.573 e. The molecular weight excluding hydrogens is 285 g/mol. The number of nitrogens with one attached hydrogen (secondary N) is 1. The highest BCUT2D eigenvalue weighted by atomic mass is 19.4. The van der Waals surface area contributed by atoms with Crippen LogP contribution in [0.2, 0.25) is 0 Å². The molecule has 0 aliphatic carbocycles. The summed E-state index contributed by atoms with van der Waals surface area (Å²) in [6.07, 6.45) is -3.82. The van der Waals surface area contributed by atoms with Gasteiger partial charge in [0.2, 0.25) is 0 Å². The zero-order chi connectivity index (χ0) is 15.9. The van der Waals surface area contributed by atoms with Gasteiger partial charge in [0.15, 0.2) is 5.96 Å². The molecule has 21 heavy (non-hydrogen) atoms. The van der Waals surface area contributed by atoms with Crippen LogP contribution < -0.4 is 15.8 Å². The van der Waals surface area contributed by atoms with Gasteiger partial charge in [-0.2, -0.15) is 0 Å². The van der Waals surface area contributed by atoms with E-state index in [-0.39, 0.29) is 11.7 Å². The molecule has 118 valence electrons. The lowest BCUT2D eigenvalue weighted by Crippen LogP contribution is -2.23. The van der Waals surface area contributed by atoms with Crippen molar-refractivity contribution in [3.05, 3.63) is 24.3 Å². The molecule has 0 spiro atoms. The molecule has 0 saturated heterocycles. The predicted octanol–water partition coefficient (Wildman–Crippen LogP) is 2.26. The van der Waals surface area contributed by atoms with E-state index in [0.717, 1.165) is 13.0 Å². The number of rotatable bonds is 6. The second-order valence-electron chi connectivity index (χ2n) is 4.62. The Labute approximate surface area is 121 Å². The number of alkyl halides is 3. The van der Waals surface area contributed by atoms with Crippen LogP contribution in [0.4, 0.5) is 18.9 Å². The molecule has 0 bridgehead atoms. The summed E-state index contributed by atoms with van der Waals surface area (Å²) in [5.74, 6) is -0.0622. The maximum atomic E-state index is 12.0. The van der Waals surface area contributed by atoms with Crippen LogP contribution in [-0.2, 0) is 0 Å². The lowest BCUT2D eigenvalue weighted by Gasteiger charge is -2.10. The Kier molecular flexibility index (Phi) is 6.29. The second-order valence-corrected chi connectivity index (χ2v) is 4.62. The molecule has 0 aliphatic rings. The molecule has 0 aromatic heterocycles. The molecule has 3 N–H and O–H groups in total. The van der Waals surface area contributed by atoms with E-state index < -0.39 is 6.36 Å². The van der Waals surface area contributed by atoms with Crippen LogP contribution >= 0.6 is 0 Å². The van der Waals surface area contributed by atoms with Gasteiger partial charge in [0.05, 0.1) is 0 Å². The number of hydrogen-bond donors (Lipinski definition) is 2. The minimum absolute atomic E-state index is 0.221. The monoisotopic (exact) mass is 304 g/mol. The Hall–Kier alpha value is -1.96. The summed E-state index contributed by atoms with van der Waals surface area (Å²) in [7, 11) is 3.94. The van der Waals surface area contributed by atoms with Crippen LogP contribution in [0.5, 0.6) is 5.75 Å². The Morgan fingerprint density at radius 2 is 1.90 bits per heavy atom. The first kappa shape index (κ1) is 17.1. The third-order valence-corrected chi connectivity index (χ3v) is 2.41. The molecule has 0 saturated carbocycles. The number of nitrogens with zero attached hydrogens (tertiary/aromatic N) is 2. The second kappa shape index (κ2) is 7.72. The van der Waals surface area contributed by atoms with Gasteiger partial charge in [-0.3, -0.25) is 4.99 Å². The van der Waals surface area contributed by atoms with Gasteiger partial charge in [-0.05, 0) is 51.3 Å². The molecule has 0 aliphatic heterocycles. The highest BCUT2D eigenvalue weighted by Crippen LogP contribution is 2.23. The van der Waals surface area contributed by atoms with Crippen molar-refractivity contribution in [1.82, 2.24) is 4.90 Å². The van der Waals surface area contributed by atoms with Crippen LogP contribution in [-0.4, -0.2) is 44.4 Å². The van der Waals surface area contributed by atoms with E-state index in [4.69, 9.17) is 5.73 Å². The molecular formula is C13H19F3N4O. The number of guanidine groups is 1. The number of halogens is 3. The zero-order valence-electron chi connectivity index (χ0n) is 11.9. The van der Waals surface area contributed by atoms with Crippen LogP contribution in [0.3, 0.4) is 0 Å². The number of benzene rings is 1. The van der Waals surface area contributed by atoms with E-state index in [1.165, 1.54) is 24.3 Å². The third-order valence-electron chi connectivity index (χ3n) is 2.41. The minimum atomic E-state index is -4.69. The topological polar surface area (TPSA) is 62.9 Å². The lowest BCUT2D eigenvalue weighted by atomic mass is 10.3. The molecule has 0 heterocycles. The summed E-state index contributed by atoms with van der Waals surface area (Å²) < 4.78 is 39.8. The van der Waals surface area contributed by atoms with Crippen molar-refractivity contribution < 1.29 is 17.9 Å². The maximum absolute atomic E-state index is 12.0. The first-order chi connectivity index (χ1) is 9.76. The first-order valence-electron chi connectivity index (χ1n) is 6.34. The van der Waals surface area contributed by atoms with E-state index in [2.05, 4.69) is 15.0 Å². The summed E-state index contributed by atoms with van der Waals surface area (Å²) in [6.45, 7) is 1.48. The first-order valence-corrected chi connectivity index (χ1v) is 6.34. The van der Waals surface area contributed by atoms with Gasteiger partial charge in [-0.1, -0.05) is 0 Å². The molecule has 0 unspecified atom stereocenters. The van der Waals surface area contributed by atoms with Gasteiger partial charge in [0.25, 0.3) is 0 Å².